The summed E-state index contributed by atoms with van der Waals surface area (Å²) < 4.78 is 2.47. The van der Waals surface area contributed by atoms with Gasteiger partial charge in [0.1, 0.15) is 5.56 Å². The van der Waals surface area contributed by atoms with Crippen molar-refractivity contribution in [3.63, 3.8) is 0 Å². The summed E-state index contributed by atoms with van der Waals surface area (Å²) in [6.45, 7) is 0. The second kappa shape index (κ2) is 3.97. The van der Waals surface area contributed by atoms with Gasteiger partial charge in [-0.25, -0.2) is 9.48 Å². The normalized spacial score (nSPS) is 10.2. The molecule has 0 aliphatic rings. The number of carboxylic acid groups (broad SMARTS) is 1. The molecule has 0 radical (unpaired) electrons. The summed E-state index contributed by atoms with van der Waals surface area (Å²) in [4.78, 5) is 14.7. The number of hydrogen-bond donors (Lipinski definition) is 1. The Balaban J connectivity index is 2.57. The van der Waals surface area contributed by atoms with Crippen molar-refractivity contribution in [2.45, 2.75) is 0 Å². The van der Waals surface area contributed by atoms with Gasteiger partial charge in [0.2, 0.25) is 0 Å². The van der Waals surface area contributed by atoms with Crippen molar-refractivity contribution in [3.05, 3.63) is 40.0 Å². The summed E-state index contributed by atoms with van der Waals surface area (Å²) in [5, 5.41) is 13.0. The van der Waals surface area contributed by atoms with Crippen LogP contribution in [0.5, 0.6) is 0 Å². The molecule has 2 rings (SSSR count). The van der Waals surface area contributed by atoms with Crippen LogP contribution >= 0.6 is 22.6 Å². The van der Waals surface area contributed by atoms with Crippen molar-refractivity contribution < 1.29 is 9.90 Å². The van der Waals surface area contributed by atoms with E-state index in [9.17, 15) is 4.79 Å². The largest absolute Gasteiger partial charge is 0.478 e. The summed E-state index contributed by atoms with van der Waals surface area (Å²) in [6.07, 6.45) is 6.26. The minimum atomic E-state index is -1.01. The molecule has 0 saturated heterocycles. The van der Waals surface area contributed by atoms with Crippen LogP contribution < -0.4 is 0 Å². The smallest absolute Gasteiger partial charge is 0.339 e. The van der Waals surface area contributed by atoms with Gasteiger partial charge in [0, 0.05) is 18.6 Å². The fourth-order valence-electron chi connectivity index (χ4n) is 1.18. The number of rotatable bonds is 2. The van der Waals surface area contributed by atoms with Crippen LogP contribution in [-0.2, 0) is 0 Å². The van der Waals surface area contributed by atoms with Gasteiger partial charge < -0.3 is 5.11 Å². The van der Waals surface area contributed by atoms with Crippen LogP contribution in [0, 0.1) is 3.57 Å². The van der Waals surface area contributed by atoms with E-state index in [4.69, 9.17) is 5.11 Å². The zero-order chi connectivity index (χ0) is 10.8. The summed E-state index contributed by atoms with van der Waals surface area (Å²) >= 11 is 2.11. The van der Waals surface area contributed by atoms with Crippen LogP contribution in [0.1, 0.15) is 10.4 Å². The van der Waals surface area contributed by atoms with Crippen molar-refractivity contribution in [1.29, 1.82) is 0 Å². The Bertz CT molecular complexity index is 510. The average Bonchev–Trinajstić information content (AvgIpc) is 2.65. The number of carboxylic acids is 1. The molecule has 0 bridgehead atoms. The fraction of sp³-hybridized carbons (Fsp3) is 0. The van der Waals surface area contributed by atoms with Gasteiger partial charge >= 0.3 is 5.97 Å². The Kier molecular flexibility index (Phi) is 2.67. The van der Waals surface area contributed by atoms with E-state index in [1.807, 2.05) is 0 Å². The van der Waals surface area contributed by atoms with Crippen LogP contribution in [0.2, 0.25) is 0 Å². The molecule has 2 aromatic heterocycles. The Hall–Kier alpha value is -1.44. The van der Waals surface area contributed by atoms with Crippen LogP contribution in [0.25, 0.3) is 5.69 Å². The number of halogens is 1. The predicted octanol–water partition coefficient (Wildman–Crippen LogP) is 1.57. The molecule has 0 aliphatic heterocycles. The second-order valence-corrected chi connectivity index (χ2v) is 4.05. The number of pyridine rings is 1. The zero-order valence-corrected chi connectivity index (χ0v) is 9.62. The highest BCUT2D eigenvalue weighted by Gasteiger charge is 2.11. The minimum absolute atomic E-state index is 0.136. The maximum Gasteiger partial charge on any atom is 0.339 e. The first-order chi connectivity index (χ1) is 7.18. The molecule has 15 heavy (non-hydrogen) atoms. The fourth-order valence-corrected chi connectivity index (χ4v) is 1.57. The quantitative estimate of drug-likeness (QED) is 0.854. The summed E-state index contributed by atoms with van der Waals surface area (Å²) in [5.74, 6) is -1.01. The summed E-state index contributed by atoms with van der Waals surface area (Å²) in [5.41, 5.74) is 0.650. The lowest BCUT2D eigenvalue weighted by atomic mass is 10.2. The Morgan fingerprint density at radius 2 is 2.27 bits per heavy atom. The van der Waals surface area contributed by atoms with E-state index < -0.39 is 5.97 Å². The third-order valence-electron chi connectivity index (χ3n) is 1.83. The topological polar surface area (TPSA) is 68.0 Å². The molecule has 5 nitrogen and oxygen atoms in total. The van der Waals surface area contributed by atoms with Crippen LogP contribution in [0.15, 0.2) is 30.9 Å². The van der Waals surface area contributed by atoms with E-state index in [1.165, 1.54) is 17.1 Å². The van der Waals surface area contributed by atoms with Gasteiger partial charge in [-0.1, -0.05) is 0 Å². The molecule has 0 aromatic carbocycles. The monoisotopic (exact) mass is 315 g/mol. The molecule has 0 aliphatic carbocycles. The molecule has 0 spiro atoms. The first kappa shape index (κ1) is 10.1. The number of aromatic nitrogens is 3. The first-order valence-electron chi connectivity index (χ1n) is 4.06. The lowest BCUT2D eigenvalue weighted by Gasteiger charge is -2.03. The Morgan fingerprint density at radius 3 is 2.87 bits per heavy atom. The lowest BCUT2D eigenvalue weighted by molar-refractivity contribution is 0.0696. The number of nitrogens with zero attached hydrogens (tertiary/aromatic N) is 3. The van der Waals surface area contributed by atoms with Crippen LogP contribution in [0.3, 0.4) is 0 Å². The van der Waals surface area contributed by atoms with Crippen molar-refractivity contribution in [1.82, 2.24) is 14.8 Å². The molecule has 0 atom stereocenters. The van der Waals surface area contributed by atoms with Crippen molar-refractivity contribution in [2.75, 3.05) is 0 Å². The molecule has 0 unspecified atom stereocenters. The maximum atomic E-state index is 10.9. The van der Waals surface area contributed by atoms with Gasteiger partial charge in [-0.05, 0) is 28.7 Å². The van der Waals surface area contributed by atoms with Crippen molar-refractivity contribution in [3.8, 4) is 5.69 Å². The molecule has 6 heteroatoms. The molecule has 0 amide bonds. The Morgan fingerprint density at radius 1 is 1.47 bits per heavy atom. The first-order valence-corrected chi connectivity index (χ1v) is 5.14. The highest BCUT2D eigenvalue weighted by atomic mass is 127. The van der Waals surface area contributed by atoms with E-state index in [1.54, 1.807) is 18.5 Å². The van der Waals surface area contributed by atoms with E-state index in [-0.39, 0.29) is 5.56 Å². The summed E-state index contributed by atoms with van der Waals surface area (Å²) in [6, 6.07) is 1.62. The van der Waals surface area contributed by atoms with Gasteiger partial charge in [-0.3, -0.25) is 4.98 Å². The number of aromatic carboxylic acids is 1. The summed E-state index contributed by atoms with van der Waals surface area (Å²) in [7, 11) is 0. The molecule has 2 heterocycles. The van der Waals surface area contributed by atoms with Gasteiger partial charge in [0.15, 0.2) is 0 Å². The van der Waals surface area contributed by atoms with E-state index >= 15 is 0 Å². The molecular formula is C9H6IN3O2. The third kappa shape index (κ3) is 1.99. The standard InChI is InChI=1S/C9H6IN3O2/c10-6-3-12-13(5-6)8-1-2-11-4-7(8)9(14)15/h1-5H,(H,14,15). The SMILES string of the molecule is O=C(O)c1cnccc1-n1cc(I)cn1. The molecule has 0 fully saturated rings. The van der Waals surface area contributed by atoms with E-state index in [0.717, 1.165) is 3.57 Å². The van der Waals surface area contributed by atoms with Crippen LogP contribution in [-0.4, -0.2) is 25.8 Å². The van der Waals surface area contributed by atoms with Gasteiger partial charge in [-0.15, -0.1) is 0 Å². The number of hydrogen-bond acceptors (Lipinski definition) is 3. The third-order valence-corrected chi connectivity index (χ3v) is 2.38. The number of carbonyl (C=O) groups is 1. The van der Waals surface area contributed by atoms with E-state index in [0.29, 0.717) is 5.69 Å². The highest BCUT2D eigenvalue weighted by molar-refractivity contribution is 14.1. The van der Waals surface area contributed by atoms with Crippen LogP contribution in [0.4, 0.5) is 0 Å². The van der Waals surface area contributed by atoms with Gasteiger partial charge in [-0.2, -0.15) is 5.10 Å². The Labute approximate surface area is 98.9 Å². The average molecular weight is 315 g/mol. The molecule has 2 aromatic rings. The van der Waals surface area contributed by atoms with Crippen molar-refractivity contribution in [2.24, 2.45) is 0 Å². The van der Waals surface area contributed by atoms with E-state index in [2.05, 4.69) is 32.7 Å². The zero-order valence-electron chi connectivity index (χ0n) is 7.46. The molecular weight excluding hydrogens is 309 g/mol. The lowest BCUT2D eigenvalue weighted by Crippen LogP contribution is -2.06. The maximum absolute atomic E-state index is 10.9. The van der Waals surface area contributed by atoms with Gasteiger partial charge in [0.25, 0.3) is 0 Å². The molecule has 0 saturated carbocycles. The highest BCUT2D eigenvalue weighted by Crippen LogP contribution is 2.13. The predicted molar refractivity (Wildman–Crippen MR) is 61.0 cm³/mol. The second-order valence-electron chi connectivity index (χ2n) is 2.80. The van der Waals surface area contributed by atoms with Gasteiger partial charge in [0.05, 0.1) is 15.5 Å². The molecule has 1 N–H and O–H groups in total. The minimum Gasteiger partial charge on any atom is -0.478 e. The molecule has 76 valence electrons. The van der Waals surface area contributed by atoms with Crippen molar-refractivity contribution >= 4 is 28.6 Å².